The molecule has 0 spiro atoms. The van der Waals surface area contributed by atoms with Gasteiger partial charge in [-0.15, -0.1) is 70.6 Å². The molecule has 0 aromatic heterocycles. The average molecular weight is 371 g/mol. The van der Waals surface area contributed by atoms with Crippen LogP contribution in [0, 0.1) is 0 Å². The highest BCUT2D eigenvalue weighted by Gasteiger charge is 2.66. The third-order valence-corrected chi connectivity index (χ3v) is 15.3. The van der Waals surface area contributed by atoms with E-state index in [9.17, 15) is 0 Å². The predicted molar refractivity (Wildman–Crippen MR) is 102 cm³/mol. The summed E-state index contributed by atoms with van der Waals surface area (Å²) in [6.45, 7) is 7.06. The van der Waals surface area contributed by atoms with Gasteiger partial charge in [0.15, 0.2) is 0 Å². The molecule has 4 aliphatic rings. The Kier molecular flexibility index (Phi) is 5.00. The van der Waals surface area contributed by atoms with Crippen LogP contribution in [0.25, 0.3) is 0 Å². The van der Waals surface area contributed by atoms with Crippen LogP contribution in [0.1, 0.15) is 59.3 Å². The molecule has 0 aromatic rings. The summed E-state index contributed by atoms with van der Waals surface area (Å²) in [7, 11) is 0. The van der Waals surface area contributed by atoms with E-state index in [2.05, 4.69) is 91.3 Å². The molecule has 0 N–H and O–H groups in total. The summed E-state index contributed by atoms with van der Waals surface area (Å²) >= 11 is 13.7. The third kappa shape index (κ3) is 2.97. The van der Waals surface area contributed by atoms with Crippen molar-refractivity contribution in [3.8, 4) is 0 Å². The first-order valence-corrected chi connectivity index (χ1v) is 12.3. The second-order valence-corrected chi connectivity index (χ2v) is 17.5. The van der Waals surface area contributed by atoms with Gasteiger partial charge in [0, 0.05) is 0 Å². The van der Waals surface area contributed by atoms with Crippen LogP contribution in [0.4, 0.5) is 0 Å². The zero-order valence-electron chi connectivity index (χ0n) is 11.8. The number of thioether (sulfide) groups is 6. The van der Waals surface area contributed by atoms with Crippen LogP contribution in [0.3, 0.4) is 0 Å². The van der Waals surface area contributed by atoms with E-state index in [1.807, 2.05) is 0 Å². The normalized spacial score (nSPS) is 47.8. The average Bonchev–Trinajstić information content (AvgIpc) is 2.26. The summed E-state index contributed by atoms with van der Waals surface area (Å²) < 4.78 is 2.18. The first-order valence-electron chi connectivity index (χ1n) is 7.23. The van der Waals surface area contributed by atoms with Crippen molar-refractivity contribution in [3.63, 3.8) is 0 Å². The Bertz CT molecular complexity index is 286. The molecule has 6 heteroatoms. The third-order valence-electron chi connectivity index (χ3n) is 3.43. The molecule has 4 saturated heterocycles. The van der Waals surface area contributed by atoms with Crippen LogP contribution in [-0.4, -0.2) is 14.1 Å². The molecule has 4 bridgehead atoms. The summed E-state index contributed by atoms with van der Waals surface area (Å²) in [5.41, 5.74) is 0. The Hall–Kier alpha value is 2.10. The molecule has 4 aliphatic heterocycles. The van der Waals surface area contributed by atoms with Crippen molar-refractivity contribution in [1.82, 2.24) is 0 Å². The first-order chi connectivity index (χ1) is 9.09. The zero-order valence-corrected chi connectivity index (χ0v) is 16.7. The number of hydrogen-bond donors (Lipinski definition) is 0. The fourth-order valence-corrected chi connectivity index (χ4v) is 24.1. The van der Waals surface area contributed by atoms with Gasteiger partial charge >= 0.3 is 0 Å². The molecule has 0 aromatic carbocycles. The van der Waals surface area contributed by atoms with Gasteiger partial charge in [0.1, 0.15) is 14.1 Å². The van der Waals surface area contributed by atoms with Crippen molar-refractivity contribution < 1.29 is 0 Å². The minimum Gasteiger partial charge on any atom is -0.108 e. The van der Waals surface area contributed by atoms with E-state index in [1.54, 1.807) is 0 Å². The van der Waals surface area contributed by atoms with Crippen molar-refractivity contribution in [3.05, 3.63) is 0 Å². The fourth-order valence-electron chi connectivity index (χ4n) is 2.83. The quantitative estimate of drug-likeness (QED) is 0.486. The van der Waals surface area contributed by atoms with Crippen LogP contribution in [0.5, 0.6) is 0 Å². The number of rotatable bonds is 6. The molecule has 4 fully saturated rings. The van der Waals surface area contributed by atoms with Crippen molar-refractivity contribution in [2.75, 3.05) is 0 Å². The molecule has 110 valence electrons. The summed E-state index contributed by atoms with van der Waals surface area (Å²) in [5.74, 6) is 0. The highest BCUT2D eigenvalue weighted by Crippen LogP contribution is 2.87. The molecule has 0 unspecified atom stereocenters. The van der Waals surface area contributed by atoms with Gasteiger partial charge in [-0.05, 0) is 19.3 Å². The molecule has 0 amide bonds. The molecule has 0 atom stereocenters. The van der Waals surface area contributed by atoms with Crippen LogP contribution >= 0.6 is 70.6 Å². The van der Waals surface area contributed by atoms with Crippen molar-refractivity contribution in [1.29, 1.82) is 0 Å². The second kappa shape index (κ2) is 5.95. The molecule has 19 heavy (non-hydrogen) atoms. The van der Waals surface area contributed by atoms with E-state index in [4.69, 9.17) is 0 Å². The van der Waals surface area contributed by atoms with Crippen LogP contribution in [0.2, 0.25) is 0 Å². The molecule has 0 saturated carbocycles. The van der Waals surface area contributed by atoms with E-state index in [0.717, 1.165) is 3.91 Å². The SMILES string of the molecule is CCCC12SC3SC(CCC)(S1)SC(CCC)(S3)S2. The zero-order chi connectivity index (χ0) is 13.6. The van der Waals surface area contributed by atoms with Gasteiger partial charge in [0.05, 0.1) is 0 Å². The van der Waals surface area contributed by atoms with Crippen molar-refractivity contribution in [2.45, 2.75) is 73.4 Å². The Balaban J connectivity index is 1.91. The van der Waals surface area contributed by atoms with Gasteiger partial charge in [-0.25, -0.2) is 0 Å². The Morgan fingerprint density at radius 2 is 0.947 bits per heavy atom. The molecule has 4 rings (SSSR count). The van der Waals surface area contributed by atoms with Gasteiger partial charge in [0.2, 0.25) is 0 Å². The van der Waals surface area contributed by atoms with E-state index in [1.165, 1.54) is 38.5 Å². The minimum atomic E-state index is 0.464. The van der Waals surface area contributed by atoms with Crippen LogP contribution in [-0.2, 0) is 0 Å². The maximum absolute atomic E-state index is 2.35. The van der Waals surface area contributed by atoms with E-state index < -0.39 is 0 Å². The fraction of sp³-hybridized carbons (Fsp3) is 1.00. The standard InChI is InChI=1S/C13H22S6/c1-4-7-11-14-10-15-12(17-11,8-5-2)19-13(16-10,18-11)9-6-3/h10H,4-9H2,1-3H3. The lowest BCUT2D eigenvalue weighted by atomic mass is 10.4. The molecular weight excluding hydrogens is 349 g/mol. The predicted octanol–water partition coefficient (Wildman–Crippen LogP) is 7.07. The highest BCUT2D eigenvalue weighted by molar-refractivity contribution is 8.64. The van der Waals surface area contributed by atoms with E-state index >= 15 is 0 Å². The van der Waals surface area contributed by atoms with Crippen LogP contribution < -0.4 is 0 Å². The highest BCUT2D eigenvalue weighted by atomic mass is 32.4. The van der Waals surface area contributed by atoms with Gasteiger partial charge in [-0.2, -0.15) is 0 Å². The summed E-state index contributed by atoms with van der Waals surface area (Å²) in [6.07, 6.45) is 8.10. The molecule has 0 radical (unpaired) electrons. The summed E-state index contributed by atoms with van der Waals surface area (Å²) in [4.78, 5) is 0. The topological polar surface area (TPSA) is 0 Å². The smallest absolute Gasteiger partial charge is 0.108 e. The Morgan fingerprint density at radius 3 is 1.21 bits per heavy atom. The monoisotopic (exact) mass is 370 g/mol. The molecule has 4 heterocycles. The lowest BCUT2D eigenvalue weighted by molar-refractivity contribution is 0.780. The maximum Gasteiger partial charge on any atom is 0.113 e. The molecular formula is C13H22S6. The van der Waals surface area contributed by atoms with Crippen LogP contribution in [0.15, 0.2) is 0 Å². The number of hydrogen-bond acceptors (Lipinski definition) is 6. The van der Waals surface area contributed by atoms with E-state index in [0.29, 0.717) is 10.2 Å². The summed E-state index contributed by atoms with van der Waals surface area (Å²) in [5, 5.41) is 0. The summed E-state index contributed by atoms with van der Waals surface area (Å²) in [6, 6.07) is 0. The molecule has 0 aliphatic carbocycles. The Morgan fingerprint density at radius 1 is 0.632 bits per heavy atom. The van der Waals surface area contributed by atoms with Crippen molar-refractivity contribution in [2.24, 2.45) is 0 Å². The largest absolute Gasteiger partial charge is 0.113 e. The lowest BCUT2D eigenvalue weighted by Gasteiger charge is -2.63. The maximum atomic E-state index is 2.35. The van der Waals surface area contributed by atoms with Gasteiger partial charge in [-0.1, -0.05) is 40.0 Å². The molecule has 0 nitrogen and oxygen atoms in total. The first kappa shape index (κ1) is 16.0. The van der Waals surface area contributed by atoms with E-state index in [-0.39, 0.29) is 0 Å². The minimum absolute atomic E-state index is 0.464. The second-order valence-electron chi connectivity index (χ2n) is 5.25. The lowest BCUT2D eigenvalue weighted by Crippen LogP contribution is -2.49. The van der Waals surface area contributed by atoms with Gasteiger partial charge in [0.25, 0.3) is 0 Å². The Labute approximate surface area is 143 Å². The van der Waals surface area contributed by atoms with Gasteiger partial charge in [-0.3, -0.25) is 0 Å². The van der Waals surface area contributed by atoms with Gasteiger partial charge < -0.3 is 0 Å². The van der Waals surface area contributed by atoms with Crippen molar-refractivity contribution >= 4 is 70.6 Å².